The number of carbonyl (C=O) groups is 3. The van der Waals surface area contributed by atoms with E-state index in [9.17, 15) is 14.4 Å². The third-order valence-corrected chi connectivity index (χ3v) is 5.59. The second kappa shape index (κ2) is 8.76. The molecule has 1 amide bonds. The van der Waals surface area contributed by atoms with Crippen LogP contribution in [0.4, 0.5) is 0 Å². The van der Waals surface area contributed by atoms with Crippen LogP contribution in [0, 0.1) is 32.1 Å². The maximum atomic E-state index is 13.1. The van der Waals surface area contributed by atoms with E-state index in [0.29, 0.717) is 16.4 Å². The fraction of sp³-hybridized carbons (Fsp3) is 0.348. The summed E-state index contributed by atoms with van der Waals surface area (Å²) in [5.41, 5.74) is 3.11. The van der Waals surface area contributed by atoms with Gasteiger partial charge in [0.1, 0.15) is 11.7 Å². The van der Waals surface area contributed by atoms with E-state index in [1.807, 2.05) is 26.0 Å². The van der Waals surface area contributed by atoms with E-state index < -0.39 is 11.8 Å². The van der Waals surface area contributed by atoms with Crippen LogP contribution in [-0.4, -0.2) is 45.9 Å². The van der Waals surface area contributed by atoms with Crippen molar-refractivity contribution in [2.24, 2.45) is 5.92 Å². The van der Waals surface area contributed by atoms with Crippen molar-refractivity contribution < 1.29 is 14.4 Å². The van der Waals surface area contributed by atoms with Crippen molar-refractivity contribution in [2.75, 3.05) is 13.6 Å². The SMILES string of the molecule is C#CCN(C)C(=O)CC1CC(=O)C(c2c(C)cc(-c3ncc(Cl)cn3)cc2C)C1=O. The van der Waals surface area contributed by atoms with E-state index in [2.05, 4.69) is 15.9 Å². The Morgan fingerprint density at radius 1 is 1.23 bits per heavy atom. The zero-order chi connectivity index (χ0) is 22.0. The minimum atomic E-state index is -0.846. The third-order valence-electron chi connectivity index (χ3n) is 5.39. The summed E-state index contributed by atoms with van der Waals surface area (Å²) in [5.74, 6) is 0.861. The van der Waals surface area contributed by atoms with Crippen molar-refractivity contribution in [1.29, 1.82) is 0 Å². The Morgan fingerprint density at radius 3 is 2.40 bits per heavy atom. The van der Waals surface area contributed by atoms with Gasteiger partial charge in [0.05, 0.1) is 11.6 Å². The van der Waals surface area contributed by atoms with Gasteiger partial charge in [-0.15, -0.1) is 6.42 Å². The molecule has 1 fully saturated rings. The largest absolute Gasteiger partial charge is 0.335 e. The molecular weight excluding hydrogens is 402 g/mol. The molecule has 6 nitrogen and oxygen atoms in total. The van der Waals surface area contributed by atoms with Gasteiger partial charge in [-0.3, -0.25) is 14.4 Å². The molecule has 1 aromatic carbocycles. The summed E-state index contributed by atoms with van der Waals surface area (Å²) < 4.78 is 0. The number of aryl methyl sites for hydroxylation is 2. The lowest BCUT2D eigenvalue weighted by Crippen LogP contribution is -2.30. The van der Waals surface area contributed by atoms with Crippen molar-refractivity contribution in [3.8, 4) is 23.7 Å². The molecule has 1 aliphatic rings. The molecule has 2 unspecified atom stereocenters. The Balaban J connectivity index is 1.87. The number of rotatable bonds is 5. The first kappa shape index (κ1) is 21.7. The van der Waals surface area contributed by atoms with Gasteiger partial charge in [0.15, 0.2) is 11.6 Å². The lowest BCUT2D eigenvalue weighted by atomic mass is 9.86. The predicted molar refractivity (Wildman–Crippen MR) is 114 cm³/mol. The molecule has 0 bridgehead atoms. The predicted octanol–water partition coefficient (Wildman–Crippen LogP) is 3.14. The molecule has 2 atom stereocenters. The zero-order valence-electron chi connectivity index (χ0n) is 17.1. The summed E-state index contributed by atoms with van der Waals surface area (Å²) in [5, 5.41) is 0.444. The summed E-state index contributed by atoms with van der Waals surface area (Å²) in [7, 11) is 1.59. The molecule has 1 saturated carbocycles. The molecule has 2 aromatic rings. The first-order valence-electron chi connectivity index (χ1n) is 9.55. The third kappa shape index (κ3) is 4.27. The second-order valence-corrected chi connectivity index (χ2v) is 8.05. The monoisotopic (exact) mass is 423 g/mol. The molecule has 1 aromatic heterocycles. The highest BCUT2D eigenvalue weighted by Gasteiger charge is 2.44. The highest BCUT2D eigenvalue weighted by molar-refractivity contribution is 6.30. The van der Waals surface area contributed by atoms with E-state index in [0.717, 1.165) is 16.7 Å². The molecule has 0 N–H and O–H groups in total. The lowest BCUT2D eigenvalue weighted by Gasteiger charge is -2.18. The molecule has 7 heteroatoms. The Labute approximate surface area is 180 Å². The van der Waals surface area contributed by atoms with Crippen LogP contribution in [0.1, 0.15) is 35.4 Å². The van der Waals surface area contributed by atoms with Gasteiger partial charge >= 0.3 is 0 Å². The number of hydrogen-bond donors (Lipinski definition) is 0. The summed E-state index contributed by atoms with van der Waals surface area (Å²) in [4.78, 5) is 48.0. The number of terminal acetylenes is 1. The number of halogens is 1. The van der Waals surface area contributed by atoms with Gasteiger partial charge in [-0.05, 0) is 42.7 Å². The number of amides is 1. The lowest BCUT2D eigenvalue weighted by molar-refractivity contribution is -0.133. The highest BCUT2D eigenvalue weighted by Crippen LogP contribution is 2.38. The van der Waals surface area contributed by atoms with E-state index in [4.69, 9.17) is 18.0 Å². The van der Waals surface area contributed by atoms with Gasteiger partial charge in [0, 0.05) is 43.8 Å². The summed E-state index contributed by atoms with van der Waals surface area (Å²) in [6, 6.07) is 3.73. The van der Waals surface area contributed by atoms with Crippen molar-refractivity contribution in [2.45, 2.75) is 32.6 Å². The molecule has 0 spiro atoms. The summed E-state index contributed by atoms with van der Waals surface area (Å²) in [6.07, 6.45) is 8.34. The van der Waals surface area contributed by atoms with Crippen molar-refractivity contribution in [1.82, 2.24) is 14.9 Å². The van der Waals surface area contributed by atoms with E-state index in [-0.39, 0.29) is 36.9 Å². The molecule has 0 radical (unpaired) electrons. The second-order valence-electron chi connectivity index (χ2n) is 7.61. The fourth-order valence-corrected chi connectivity index (χ4v) is 4.04. The minimum absolute atomic E-state index is 0.00591. The van der Waals surface area contributed by atoms with Crippen LogP contribution >= 0.6 is 11.6 Å². The van der Waals surface area contributed by atoms with Crippen LogP contribution in [0.5, 0.6) is 0 Å². The van der Waals surface area contributed by atoms with Crippen molar-refractivity contribution >= 4 is 29.1 Å². The molecule has 0 saturated heterocycles. The molecule has 1 heterocycles. The average molecular weight is 424 g/mol. The molecule has 1 aliphatic carbocycles. The first-order chi connectivity index (χ1) is 14.2. The van der Waals surface area contributed by atoms with Gasteiger partial charge in [-0.25, -0.2) is 9.97 Å². The van der Waals surface area contributed by atoms with E-state index in [1.165, 1.54) is 17.3 Å². The highest BCUT2D eigenvalue weighted by atomic mass is 35.5. The fourth-order valence-electron chi connectivity index (χ4n) is 3.94. The molecule has 3 rings (SSSR count). The molecular formula is C23H22ClN3O3. The van der Waals surface area contributed by atoms with Crippen molar-refractivity contribution in [3.63, 3.8) is 0 Å². The topological polar surface area (TPSA) is 80.2 Å². The number of aromatic nitrogens is 2. The maximum Gasteiger partial charge on any atom is 0.223 e. The smallest absolute Gasteiger partial charge is 0.223 e. The Bertz CT molecular complexity index is 1030. The summed E-state index contributed by atoms with van der Waals surface area (Å²) in [6.45, 7) is 3.90. The van der Waals surface area contributed by atoms with Crippen molar-refractivity contribution in [3.05, 3.63) is 46.2 Å². The van der Waals surface area contributed by atoms with Gasteiger partial charge in [0.2, 0.25) is 5.91 Å². The molecule has 154 valence electrons. The Kier molecular flexibility index (Phi) is 6.33. The van der Waals surface area contributed by atoms with Crippen LogP contribution < -0.4 is 0 Å². The van der Waals surface area contributed by atoms with Crippen LogP contribution in [0.3, 0.4) is 0 Å². The Hall–Kier alpha value is -3.04. The van der Waals surface area contributed by atoms with Gasteiger partial charge in [-0.1, -0.05) is 17.5 Å². The van der Waals surface area contributed by atoms with Crippen LogP contribution in [0.2, 0.25) is 5.02 Å². The minimum Gasteiger partial charge on any atom is -0.335 e. The molecule has 30 heavy (non-hydrogen) atoms. The Morgan fingerprint density at radius 2 is 1.83 bits per heavy atom. The van der Waals surface area contributed by atoms with Gasteiger partial charge in [-0.2, -0.15) is 0 Å². The van der Waals surface area contributed by atoms with E-state index >= 15 is 0 Å². The number of nitrogens with zero attached hydrogens (tertiary/aromatic N) is 3. The van der Waals surface area contributed by atoms with Crippen LogP contribution in [0.15, 0.2) is 24.5 Å². The molecule has 0 aliphatic heterocycles. The summed E-state index contributed by atoms with van der Waals surface area (Å²) >= 11 is 5.86. The number of carbonyl (C=O) groups excluding carboxylic acids is 3. The normalized spacial score (nSPS) is 18.4. The number of ketones is 2. The first-order valence-corrected chi connectivity index (χ1v) is 9.93. The standard InChI is InChI=1S/C23H22ClN3O3/c1-5-6-27(4)19(29)10-15-9-18(28)21(22(15)30)20-13(2)7-16(8-14(20)3)23-25-11-17(24)12-26-23/h1,7-8,11-12,15,21H,6,9-10H2,2-4H3. The maximum absolute atomic E-state index is 13.1. The van der Waals surface area contributed by atoms with E-state index in [1.54, 1.807) is 7.05 Å². The van der Waals surface area contributed by atoms with Crippen LogP contribution in [0.25, 0.3) is 11.4 Å². The van der Waals surface area contributed by atoms with Crippen LogP contribution in [-0.2, 0) is 14.4 Å². The zero-order valence-corrected chi connectivity index (χ0v) is 17.9. The number of benzene rings is 1. The number of hydrogen-bond acceptors (Lipinski definition) is 5. The van der Waals surface area contributed by atoms with Gasteiger partial charge < -0.3 is 4.90 Å². The quantitative estimate of drug-likeness (QED) is 0.545. The average Bonchev–Trinajstić information content (AvgIpc) is 2.96. The number of Topliss-reactive ketones (excluding diaryl/α,β-unsaturated/α-hetero) is 2. The van der Waals surface area contributed by atoms with Gasteiger partial charge in [0.25, 0.3) is 0 Å².